The highest BCUT2D eigenvalue weighted by Gasteiger charge is 2.08. The largest absolute Gasteiger partial charge is 0.348 e. The number of hydrogen-bond acceptors (Lipinski definition) is 0. The summed E-state index contributed by atoms with van der Waals surface area (Å²) in [4.78, 5) is 0. The molecule has 0 unspecified atom stereocenters. The minimum Gasteiger partial charge on any atom is -0.348 e. The second-order valence-electron chi connectivity index (χ2n) is 4.05. The van der Waals surface area contributed by atoms with Gasteiger partial charge in [0.05, 0.1) is 5.52 Å². The molecule has 1 aromatic heterocycles. The molecule has 0 atom stereocenters. The van der Waals surface area contributed by atoms with E-state index in [-0.39, 0.29) is 5.82 Å². The van der Waals surface area contributed by atoms with Crippen LogP contribution in [-0.2, 0) is 13.5 Å². The Bertz CT molecular complexity index is 511. The van der Waals surface area contributed by atoms with Gasteiger partial charge in [-0.15, -0.1) is 6.58 Å². The van der Waals surface area contributed by atoms with Gasteiger partial charge in [0.25, 0.3) is 0 Å². The van der Waals surface area contributed by atoms with Crippen LogP contribution in [0.1, 0.15) is 18.5 Å². The summed E-state index contributed by atoms with van der Waals surface area (Å²) in [7, 11) is 1.99. The highest BCUT2D eigenvalue weighted by atomic mass is 19.1. The van der Waals surface area contributed by atoms with Crippen LogP contribution < -0.4 is 0 Å². The summed E-state index contributed by atoms with van der Waals surface area (Å²) in [5, 5.41) is 0.721. The fraction of sp³-hybridized carbons (Fsp3) is 0.286. The first-order valence-corrected chi connectivity index (χ1v) is 5.57. The van der Waals surface area contributed by atoms with Crippen LogP contribution in [0.2, 0.25) is 0 Å². The van der Waals surface area contributed by atoms with Gasteiger partial charge in [-0.1, -0.05) is 12.1 Å². The Morgan fingerprint density at radius 1 is 1.44 bits per heavy atom. The van der Waals surface area contributed by atoms with E-state index in [1.807, 2.05) is 25.3 Å². The van der Waals surface area contributed by atoms with E-state index in [0.29, 0.717) is 0 Å². The third-order valence-electron chi connectivity index (χ3n) is 2.97. The topological polar surface area (TPSA) is 4.93 Å². The van der Waals surface area contributed by atoms with E-state index in [1.165, 1.54) is 11.8 Å². The number of aromatic nitrogens is 1. The molecule has 0 aliphatic heterocycles. The van der Waals surface area contributed by atoms with Gasteiger partial charge in [0.2, 0.25) is 0 Å². The maximum atomic E-state index is 13.5. The van der Waals surface area contributed by atoms with Crippen molar-refractivity contribution < 1.29 is 4.39 Å². The molecule has 2 rings (SSSR count). The summed E-state index contributed by atoms with van der Waals surface area (Å²) in [6, 6.07) is 7.17. The maximum absolute atomic E-state index is 13.5. The number of allylic oxidation sites excluding steroid dienone is 1. The van der Waals surface area contributed by atoms with E-state index in [4.69, 9.17) is 0 Å². The molecule has 2 aromatic rings. The second kappa shape index (κ2) is 4.52. The minimum absolute atomic E-state index is 0.136. The molecule has 1 aromatic carbocycles. The number of rotatable bonds is 4. The standard InChI is InChI=1S/C14H16FN/c1-3-4-5-7-11-10-12-13(15)8-6-9-14(12)16(11)2/h3,6,8-10H,1,4-5,7H2,2H3. The Morgan fingerprint density at radius 3 is 2.94 bits per heavy atom. The quantitative estimate of drug-likeness (QED) is 0.542. The van der Waals surface area contributed by atoms with E-state index in [2.05, 4.69) is 11.1 Å². The van der Waals surface area contributed by atoms with E-state index in [9.17, 15) is 4.39 Å². The van der Waals surface area contributed by atoms with E-state index in [0.717, 1.165) is 30.2 Å². The van der Waals surface area contributed by atoms with Crippen molar-refractivity contribution in [3.05, 3.63) is 48.4 Å². The average Bonchev–Trinajstić information content (AvgIpc) is 2.59. The Morgan fingerprint density at radius 2 is 2.25 bits per heavy atom. The third-order valence-corrected chi connectivity index (χ3v) is 2.97. The number of nitrogens with zero attached hydrogens (tertiary/aromatic N) is 1. The molecule has 0 N–H and O–H groups in total. The monoisotopic (exact) mass is 217 g/mol. The van der Waals surface area contributed by atoms with Crippen LogP contribution in [0.3, 0.4) is 0 Å². The summed E-state index contributed by atoms with van der Waals surface area (Å²) in [5.74, 6) is -0.136. The molecule has 2 heteroatoms. The van der Waals surface area contributed by atoms with Gasteiger partial charge in [0, 0.05) is 18.1 Å². The zero-order valence-corrected chi connectivity index (χ0v) is 9.54. The van der Waals surface area contributed by atoms with Crippen LogP contribution in [0.4, 0.5) is 4.39 Å². The van der Waals surface area contributed by atoms with Crippen molar-refractivity contribution >= 4 is 10.9 Å². The molecule has 0 saturated carbocycles. The van der Waals surface area contributed by atoms with Crippen molar-refractivity contribution in [2.24, 2.45) is 7.05 Å². The van der Waals surface area contributed by atoms with Crippen molar-refractivity contribution in [2.45, 2.75) is 19.3 Å². The molecule has 0 aliphatic rings. The van der Waals surface area contributed by atoms with Gasteiger partial charge in [0.15, 0.2) is 0 Å². The summed E-state index contributed by atoms with van der Waals surface area (Å²) in [6.07, 6.45) is 4.96. The molecule has 16 heavy (non-hydrogen) atoms. The lowest BCUT2D eigenvalue weighted by Gasteiger charge is -2.02. The van der Waals surface area contributed by atoms with Gasteiger partial charge in [-0.25, -0.2) is 4.39 Å². The lowest BCUT2D eigenvalue weighted by molar-refractivity contribution is 0.640. The van der Waals surface area contributed by atoms with Gasteiger partial charge in [-0.2, -0.15) is 0 Å². The SMILES string of the molecule is C=CCCCc1cc2c(F)cccc2n1C. The Kier molecular flexibility index (Phi) is 3.09. The smallest absolute Gasteiger partial charge is 0.132 e. The van der Waals surface area contributed by atoms with Crippen LogP contribution >= 0.6 is 0 Å². The van der Waals surface area contributed by atoms with Crippen molar-refractivity contribution in [1.82, 2.24) is 4.57 Å². The normalized spacial score (nSPS) is 10.9. The Balaban J connectivity index is 2.36. The lowest BCUT2D eigenvalue weighted by atomic mass is 10.2. The van der Waals surface area contributed by atoms with Crippen molar-refractivity contribution in [3.8, 4) is 0 Å². The number of benzene rings is 1. The van der Waals surface area contributed by atoms with Gasteiger partial charge in [-0.05, 0) is 37.5 Å². The number of unbranched alkanes of at least 4 members (excludes halogenated alkanes) is 1. The van der Waals surface area contributed by atoms with Crippen LogP contribution in [0.5, 0.6) is 0 Å². The molecule has 1 nitrogen and oxygen atoms in total. The van der Waals surface area contributed by atoms with Crippen molar-refractivity contribution in [2.75, 3.05) is 0 Å². The molecule has 0 spiro atoms. The number of halogens is 1. The zero-order valence-electron chi connectivity index (χ0n) is 9.54. The van der Waals surface area contributed by atoms with Gasteiger partial charge < -0.3 is 4.57 Å². The first-order valence-electron chi connectivity index (χ1n) is 5.57. The van der Waals surface area contributed by atoms with Crippen LogP contribution in [0, 0.1) is 5.82 Å². The predicted octanol–water partition coefficient (Wildman–Crippen LogP) is 3.83. The predicted molar refractivity (Wildman–Crippen MR) is 66.0 cm³/mol. The molecule has 84 valence electrons. The first kappa shape index (κ1) is 10.9. The summed E-state index contributed by atoms with van der Waals surface area (Å²) < 4.78 is 15.6. The Hall–Kier alpha value is -1.57. The van der Waals surface area contributed by atoms with Crippen LogP contribution in [0.15, 0.2) is 36.9 Å². The summed E-state index contributed by atoms with van der Waals surface area (Å²) in [6.45, 7) is 3.70. The molecule has 0 bridgehead atoms. The van der Waals surface area contributed by atoms with E-state index >= 15 is 0 Å². The first-order chi connectivity index (χ1) is 7.74. The number of fused-ring (bicyclic) bond motifs is 1. The maximum Gasteiger partial charge on any atom is 0.132 e. The molecule has 0 radical (unpaired) electrons. The lowest BCUT2D eigenvalue weighted by Crippen LogP contribution is -1.95. The van der Waals surface area contributed by atoms with Gasteiger partial charge in [0.1, 0.15) is 5.82 Å². The number of aryl methyl sites for hydroxylation is 2. The van der Waals surface area contributed by atoms with Gasteiger partial charge >= 0.3 is 0 Å². The molecular formula is C14H16FN. The van der Waals surface area contributed by atoms with Crippen LogP contribution in [0.25, 0.3) is 10.9 Å². The number of hydrogen-bond donors (Lipinski definition) is 0. The van der Waals surface area contributed by atoms with E-state index in [1.54, 1.807) is 6.07 Å². The molecular weight excluding hydrogens is 201 g/mol. The van der Waals surface area contributed by atoms with Crippen molar-refractivity contribution in [1.29, 1.82) is 0 Å². The highest BCUT2D eigenvalue weighted by Crippen LogP contribution is 2.22. The van der Waals surface area contributed by atoms with E-state index < -0.39 is 0 Å². The molecule has 0 saturated heterocycles. The third kappa shape index (κ3) is 1.87. The summed E-state index contributed by atoms with van der Waals surface area (Å²) in [5.41, 5.74) is 2.15. The fourth-order valence-electron chi connectivity index (χ4n) is 2.05. The van der Waals surface area contributed by atoms with Crippen molar-refractivity contribution in [3.63, 3.8) is 0 Å². The minimum atomic E-state index is -0.136. The highest BCUT2D eigenvalue weighted by molar-refractivity contribution is 5.81. The zero-order chi connectivity index (χ0) is 11.5. The molecule has 0 amide bonds. The molecule has 0 fully saturated rings. The molecule has 0 aliphatic carbocycles. The fourth-order valence-corrected chi connectivity index (χ4v) is 2.05. The van der Waals surface area contributed by atoms with Gasteiger partial charge in [-0.3, -0.25) is 0 Å². The Labute approximate surface area is 95.2 Å². The average molecular weight is 217 g/mol. The summed E-state index contributed by atoms with van der Waals surface area (Å²) >= 11 is 0. The van der Waals surface area contributed by atoms with Crippen LogP contribution in [-0.4, -0.2) is 4.57 Å². The second-order valence-corrected chi connectivity index (χ2v) is 4.05. The molecule has 1 heterocycles.